The number of benzene rings is 1. The lowest BCUT2D eigenvalue weighted by molar-refractivity contribution is -0.131. The van der Waals surface area contributed by atoms with E-state index in [4.69, 9.17) is 4.74 Å². The minimum absolute atomic E-state index is 0.00426. The number of carbonyl (C=O) groups excluding carboxylic acids is 3. The second-order valence-corrected chi connectivity index (χ2v) is 8.15. The minimum Gasteiger partial charge on any atom is -0.448 e. The van der Waals surface area contributed by atoms with Gasteiger partial charge in [0.05, 0.1) is 13.2 Å². The van der Waals surface area contributed by atoms with E-state index in [0.717, 1.165) is 11.3 Å². The summed E-state index contributed by atoms with van der Waals surface area (Å²) in [5.74, 6) is -0.147. The molecule has 0 aromatic heterocycles. The van der Waals surface area contributed by atoms with Crippen LogP contribution in [0.25, 0.3) is 0 Å². The number of amides is 4. The number of hydrogen-bond acceptors (Lipinski definition) is 5. The molecule has 0 bridgehead atoms. The van der Waals surface area contributed by atoms with Crippen molar-refractivity contribution in [1.82, 2.24) is 14.7 Å². The lowest BCUT2D eigenvalue weighted by atomic mass is 9.82. The number of rotatable bonds is 4. The van der Waals surface area contributed by atoms with Crippen molar-refractivity contribution in [3.63, 3.8) is 0 Å². The molecule has 2 unspecified atom stereocenters. The van der Waals surface area contributed by atoms with E-state index >= 15 is 0 Å². The van der Waals surface area contributed by atoms with Gasteiger partial charge >= 0.3 is 12.1 Å². The number of aliphatic hydroxyl groups is 1. The number of anilines is 1. The molecule has 0 spiro atoms. The highest BCUT2D eigenvalue weighted by Gasteiger charge is 2.54. The molecule has 29 heavy (non-hydrogen) atoms. The fraction of sp³-hybridized carbons (Fsp3) is 0.550. The van der Waals surface area contributed by atoms with Crippen molar-refractivity contribution in [3.8, 4) is 0 Å². The lowest BCUT2D eigenvalue weighted by Crippen LogP contribution is -2.44. The molecular weight excluding hydrogens is 376 g/mol. The molecule has 3 fully saturated rings. The quantitative estimate of drug-likeness (QED) is 0.773. The lowest BCUT2D eigenvalue weighted by Gasteiger charge is -2.28. The first-order chi connectivity index (χ1) is 13.9. The number of carbonyl (C=O) groups is 3. The minimum atomic E-state index is -0.524. The van der Waals surface area contributed by atoms with Gasteiger partial charge in [0.1, 0.15) is 13.2 Å². The summed E-state index contributed by atoms with van der Waals surface area (Å²) in [4.78, 5) is 41.7. The summed E-state index contributed by atoms with van der Waals surface area (Å²) in [6.07, 6.45) is -0.464. The summed E-state index contributed by atoms with van der Waals surface area (Å²) in [5, 5.41) is 13.0. The molecular formula is C20H26N4O5. The van der Waals surface area contributed by atoms with Crippen LogP contribution < -0.4 is 5.32 Å². The molecule has 2 N–H and O–H groups in total. The zero-order chi connectivity index (χ0) is 20.6. The van der Waals surface area contributed by atoms with Crippen molar-refractivity contribution in [1.29, 1.82) is 0 Å². The molecule has 3 saturated heterocycles. The largest absolute Gasteiger partial charge is 0.448 e. The summed E-state index contributed by atoms with van der Waals surface area (Å²) in [6.45, 7) is 4.27. The summed E-state index contributed by atoms with van der Waals surface area (Å²) < 4.78 is 4.87. The Morgan fingerprint density at radius 1 is 1.24 bits per heavy atom. The van der Waals surface area contributed by atoms with Crippen molar-refractivity contribution >= 4 is 23.7 Å². The van der Waals surface area contributed by atoms with Gasteiger partial charge in [0.15, 0.2) is 0 Å². The monoisotopic (exact) mass is 402 g/mol. The Balaban J connectivity index is 1.38. The number of urea groups is 1. The fourth-order valence-corrected chi connectivity index (χ4v) is 4.49. The maximum absolute atomic E-state index is 12.7. The third-order valence-corrected chi connectivity index (χ3v) is 6.27. The molecule has 0 radical (unpaired) electrons. The third-order valence-electron chi connectivity index (χ3n) is 6.27. The first-order valence-corrected chi connectivity index (χ1v) is 9.84. The van der Waals surface area contributed by atoms with Crippen LogP contribution in [-0.4, -0.2) is 90.3 Å². The maximum Gasteiger partial charge on any atom is 0.410 e. The highest BCUT2D eigenvalue weighted by molar-refractivity contribution is 5.90. The Bertz CT molecular complexity index is 831. The highest BCUT2D eigenvalue weighted by Crippen LogP contribution is 2.42. The Morgan fingerprint density at radius 2 is 1.97 bits per heavy atom. The van der Waals surface area contributed by atoms with Gasteiger partial charge in [-0.3, -0.25) is 9.69 Å². The predicted molar refractivity (Wildman–Crippen MR) is 104 cm³/mol. The van der Waals surface area contributed by atoms with Gasteiger partial charge in [-0.05, 0) is 18.6 Å². The summed E-state index contributed by atoms with van der Waals surface area (Å²) in [5.41, 5.74) is 1.22. The Labute approximate surface area is 169 Å². The normalized spacial score (nSPS) is 25.9. The van der Waals surface area contributed by atoms with Crippen LogP contribution in [0.3, 0.4) is 0 Å². The number of nitrogens with zero attached hydrogens (tertiary/aromatic N) is 3. The molecule has 3 aliphatic rings. The Hall–Kier alpha value is -2.81. The van der Waals surface area contributed by atoms with Crippen molar-refractivity contribution in [2.75, 3.05) is 57.8 Å². The van der Waals surface area contributed by atoms with Crippen LogP contribution in [-0.2, 0) is 9.53 Å². The van der Waals surface area contributed by atoms with Gasteiger partial charge in [0.2, 0.25) is 5.91 Å². The maximum atomic E-state index is 12.7. The van der Waals surface area contributed by atoms with Crippen molar-refractivity contribution in [3.05, 3.63) is 29.8 Å². The number of hydrogen-bond donors (Lipinski definition) is 2. The number of aliphatic hydroxyl groups excluding tert-OH is 1. The zero-order valence-electron chi connectivity index (χ0n) is 16.5. The van der Waals surface area contributed by atoms with Gasteiger partial charge in [-0.15, -0.1) is 0 Å². The van der Waals surface area contributed by atoms with E-state index in [-0.39, 0.29) is 31.0 Å². The number of ether oxygens (including phenoxy) is 1. The number of likely N-dealkylation sites (tertiary alicyclic amines) is 2. The smallest absolute Gasteiger partial charge is 0.410 e. The van der Waals surface area contributed by atoms with Crippen molar-refractivity contribution < 1.29 is 24.2 Å². The summed E-state index contributed by atoms with van der Waals surface area (Å²) in [7, 11) is 0. The van der Waals surface area contributed by atoms with Crippen LogP contribution in [0.4, 0.5) is 15.3 Å². The molecule has 156 valence electrons. The van der Waals surface area contributed by atoms with E-state index in [1.807, 2.05) is 31.2 Å². The average molecular weight is 402 g/mol. The first-order valence-electron chi connectivity index (χ1n) is 9.84. The summed E-state index contributed by atoms with van der Waals surface area (Å²) in [6, 6.07) is 7.38. The van der Waals surface area contributed by atoms with E-state index in [0.29, 0.717) is 39.3 Å². The summed E-state index contributed by atoms with van der Waals surface area (Å²) >= 11 is 0. The second kappa shape index (κ2) is 7.55. The molecule has 1 aromatic rings. The molecule has 0 aliphatic carbocycles. The van der Waals surface area contributed by atoms with Gasteiger partial charge in [0, 0.05) is 43.2 Å². The van der Waals surface area contributed by atoms with E-state index in [1.54, 1.807) is 9.80 Å². The van der Waals surface area contributed by atoms with E-state index in [1.165, 1.54) is 4.90 Å². The molecule has 0 saturated carbocycles. The van der Waals surface area contributed by atoms with Crippen LogP contribution in [0.15, 0.2) is 24.3 Å². The first kappa shape index (κ1) is 19.5. The molecule has 4 amide bonds. The van der Waals surface area contributed by atoms with E-state index in [2.05, 4.69) is 5.32 Å². The van der Waals surface area contributed by atoms with Crippen LogP contribution in [0.1, 0.15) is 5.56 Å². The van der Waals surface area contributed by atoms with Gasteiger partial charge < -0.3 is 25.0 Å². The average Bonchev–Trinajstić information content (AvgIpc) is 3.36. The van der Waals surface area contributed by atoms with Crippen molar-refractivity contribution in [2.24, 2.45) is 11.3 Å². The van der Waals surface area contributed by atoms with E-state index in [9.17, 15) is 19.5 Å². The molecule has 3 heterocycles. The van der Waals surface area contributed by atoms with Gasteiger partial charge in [-0.1, -0.05) is 18.2 Å². The van der Waals surface area contributed by atoms with E-state index < -0.39 is 11.5 Å². The number of aryl methyl sites for hydroxylation is 1. The Kier molecular flexibility index (Phi) is 5.08. The van der Waals surface area contributed by atoms with Gasteiger partial charge in [-0.25, -0.2) is 9.59 Å². The van der Waals surface area contributed by atoms with Crippen LogP contribution in [0, 0.1) is 18.3 Å². The number of para-hydroxylation sites is 1. The van der Waals surface area contributed by atoms with Gasteiger partial charge in [-0.2, -0.15) is 0 Å². The predicted octanol–water partition coefficient (Wildman–Crippen LogP) is 0.732. The highest BCUT2D eigenvalue weighted by atomic mass is 16.6. The number of fused-ring (bicyclic) bond motifs is 1. The molecule has 9 nitrogen and oxygen atoms in total. The van der Waals surface area contributed by atoms with Crippen LogP contribution in [0.5, 0.6) is 0 Å². The second-order valence-electron chi connectivity index (χ2n) is 8.15. The molecule has 2 atom stereocenters. The molecule has 4 rings (SSSR count). The van der Waals surface area contributed by atoms with Crippen LogP contribution in [0.2, 0.25) is 0 Å². The standard InChI is InChI=1S/C20H26N4O5/c1-14-4-2-3-5-16(14)21-18(27)24-9-15-8-23(11-20(15,12-24)13-25)17(26)10-22-6-7-29-19(22)28/h2-5,15,25H,6-13H2,1H3,(H,21,27). The number of cyclic esters (lactones) is 1. The van der Waals surface area contributed by atoms with Gasteiger partial charge in [0.25, 0.3) is 0 Å². The van der Waals surface area contributed by atoms with Crippen LogP contribution >= 0.6 is 0 Å². The third kappa shape index (κ3) is 3.62. The fourth-order valence-electron chi connectivity index (χ4n) is 4.49. The zero-order valence-corrected chi connectivity index (χ0v) is 16.5. The SMILES string of the molecule is Cc1ccccc1NC(=O)N1CC2CN(C(=O)CN3CCOC3=O)CC2(CO)C1. The topological polar surface area (TPSA) is 102 Å². The molecule has 1 aromatic carbocycles. The molecule has 9 heteroatoms. The van der Waals surface area contributed by atoms with Crippen molar-refractivity contribution in [2.45, 2.75) is 6.92 Å². The number of nitrogens with one attached hydrogen (secondary N) is 1. The molecule has 3 aliphatic heterocycles. The Morgan fingerprint density at radius 3 is 2.62 bits per heavy atom.